The summed E-state index contributed by atoms with van der Waals surface area (Å²) in [5.74, 6) is 0.863. The van der Waals surface area contributed by atoms with Gasteiger partial charge in [-0.3, -0.25) is 4.79 Å². The average Bonchev–Trinajstić information content (AvgIpc) is 2.37. The van der Waals surface area contributed by atoms with Crippen molar-refractivity contribution in [1.29, 1.82) is 0 Å². The van der Waals surface area contributed by atoms with Crippen molar-refractivity contribution in [3.05, 3.63) is 59.7 Å². The van der Waals surface area contributed by atoms with Crippen LogP contribution in [0, 0.1) is 6.92 Å². The normalized spacial score (nSPS) is 10.2. The Morgan fingerprint density at radius 2 is 1.95 bits per heavy atom. The minimum absolute atomic E-state index is 0.0383. The third-order valence-corrected chi connectivity index (χ3v) is 3.82. The maximum atomic E-state index is 11.2. The number of amides is 1. The maximum Gasteiger partial charge on any atom is 0.221 e. The van der Waals surface area contributed by atoms with Gasteiger partial charge in [0.25, 0.3) is 0 Å². The highest BCUT2D eigenvalue weighted by molar-refractivity contribution is 7.98. The summed E-state index contributed by atoms with van der Waals surface area (Å²) in [6.07, 6.45) is 0. The van der Waals surface area contributed by atoms with E-state index in [1.807, 2.05) is 24.3 Å². The number of hydrogen-bond acceptors (Lipinski definition) is 2. The van der Waals surface area contributed by atoms with Crippen molar-refractivity contribution >= 4 is 23.4 Å². The molecule has 0 fully saturated rings. The van der Waals surface area contributed by atoms with Gasteiger partial charge in [0, 0.05) is 17.6 Å². The van der Waals surface area contributed by atoms with E-state index in [4.69, 9.17) is 0 Å². The van der Waals surface area contributed by atoms with E-state index in [0.717, 1.165) is 16.3 Å². The summed E-state index contributed by atoms with van der Waals surface area (Å²) in [7, 11) is 0. The number of carbonyl (C=O) groups excluding carboxylic acids is 1. The standard InChI is InChI=1S/C16H17NOS/c1-12-6-5-7-14(10-12)11-19-16-9-4-3-8-15(16)17-13(2)18/h3-10H,11H2,1-2H3,(H,17,18). The molecule has 0 bridgehead atoms. The van der Waals surface area contributed by atoms with Gasteiger partial charge >= 0.3 is 0 Å². The molecule has 0 unspecified atom stereocenters. The molecule has 1 N–H and O–H groups in total. The van der Waals surface area contributed by atoms with Gasteiger partial charge in [-0.15, -0.1) is 11.8 Å². The Kier molecular flexibility index (Phi) is 4.63. The first-order chi connectivity index (χ1) is 9.15. The van der Waals surface area contributed by atoms with E-state index in [1.165, 1.54) is 18.1 Å². The van der Waals surface area contributed by atoms with Crippen molar-refractivity contribution in [3.8, 4) is 0 Å². The van der Waals surface area contributed by atoms with Gasteiger partial charge in [0.1, 0.15) is 0 Å². The van der Waals surface area contributed by atoms with Crippen LogP contribution < -0.4 is 5.32 Å². The van der Waals surface area contributed by atoms with Crippen LogP contribution in [-0.4, -0.2) is 5.91 Å². The second-order valence-corrected chi connectivity index (χ2v) is 5.47. The Balaban J connectivity index is 2.09. The molecule has 0 heterocycles. The zero-order chi connectivity index (χ0) is 13.7. The van der Waals surface area contributed by atoms with Crippen LogP contribution in [0.1, 0.15) is 18.1 Å². The number of para-hydroxylation sites is 1. The molecule has 1 amide bonds. The van der Waals surface area contributed by atoms with Crippen molar-refractivity contribution in [1.82, 2.24) is 0 Å². The number of aryl methyl sites for hydroxylation is 1. The fraction of sp³-hybridized carbons (Fsp3) is 0.188. The SMILES string of the molecule is CC(=O)Nc1ccccc1SCc1cccc(C)c1. The zero-order valence-corrected chi connectivity index (χ0v) is 12.0. The molecule has 0 saturated carbocycles. The Morgan fingerprint density at radius 1 is 1.16 bits per heavy atom. The molecule has 98 valence electrons. The van der Waals surface area contributed by atoms with E-state index in [1.54, 1.807) is 11.8 Å². The highest BCUT2D eigenvalue weighted by Crippen LogP contribution is 2.29. The monoisotopic (exact) mass is 271 g/mol. The molecular formula is C16H17NOS. The molecular weight excluding hydrogens is 254 g/mol. The largest absolute Gasteiger partial charge is 0.325 e. The fourth-order valence-electron chi connectivity index (χ4n) is 1.85. The summed E-state index contributed by atoms with van der Waals surface area (Å²) in [6, 6.07) is 16.4. The van der Waals surface area contributed by atoms with Crippen LogP contribution in [0.2, 0.25) is 0 Å². The third kappa shape index (κ3) is 4.14. The lowest BCUT2D eigenvalue weighted by Gasteiger charge is -2.09. The van der Waals surface area contributed by atoms with Crippen LogP contribution in [0.15, 0.2) is 53.4 Å². The molecule has 0 spiro atoms. The van der Waals surface area contributed by atoms with Crippen LogP contribution >= 0.6 is 11.8 Å². The Bertz CT molecular complexity index is 580. The van der Waals surface area contributed by atoms with Gasteiger partial charge in [-0.05, 0) is 24.6 Å². The lowest BCUT2D eigenvalue weighted by Crippen LogP contribution is -2.06. The minimum atomic E-state index is -0.0383. The van der Waals surface area contributed by atoms with Crippen LogP contribution in [0.5, 0.6) is 0 Å². The van der Waals surface area contributed by atoms with Crippen LogP contribution in [-0.2, 0) is 10.5 Å². The van der Waals surface area contributed by atoms with E-state index in [9.17, 15) is 4.79 Å². The van der Waals surface area contributed by atoms with Gasteiger partial charge in [0.2, 0.25) is 5.91 Å². The number of anilines is 1. The molecule has 2 rings (SSSR count). The van der Waals surface area contributed by atoms with Crippen molar-refractivity contribution in [2.45, 2.75) is 24.5 Å². The van der Waals surface area contributed by atoms with Gasteiger partial charge < -0.3 is 5.32 Å². The summed E-state index contributed by atoms with van der Waals surface area (Å²) in [5, 5.41) is 2.86. The van der Waals surface area contributed by atoms with Crippen molar-refractivity contribution in [3.63, 3.8) is 0 Å². The Morgan fingerprint density at radius 3 is 2.68 bits per heavy atom. The summed E-state index contributed by atoms with van der Waals surface area (Å²) in [6.45, 7) is 3.63. The number of thioether (sulfide) groups is 1. The number of benzene rings is 2. The summed E-state index contributed by atoms with van der Waals surface area (Å²) >= 11 is 1.74. The van der Waals surface area contributed by atoms with Crippen molar-refractivity contribution in [2.24, 2.45) is 0 Å². The van der Waals surface area contributed by atoms with Crippen LogP contribution in [0.4, 0.5) is 5.69 Å². The van der Waals surface area contributed by atoms with Crippen LogP contribution in [0.25, 0.3) is 0 Å². The molecule has 3 heteroatoms. The quantitative estimate of drug-likeness (QED) is 0.842. The molecule has 2 aromatic rings. The third-order valence-electron chi connectivity index (χ3n) is 2.67. The summed E-state index contributed by atoms with van der Waals surface area (Å²) in [4.78, 5) is 12.3. The van der Waals surface area contributed by atoms with E-state index in [-0.39, 0.29) is 5.91 Å². The van der Waals surface area contributed by atoms with E-state index in [0.29, 0.717) is 0 Å². The molecule has 19 heavy (non-hydrogen) atoms. The van der Waals surface area contributed by atoms with E-state index >= 15 is 0 Å². The van der Waals surface area contributed by atoms with Crippen molar-refractivity contribution in [2.75, 3.05) is 5.32 Å². The highest BCUT2D eigenvalue weighted by atomic mass is 32.2. The van der Waals surface area contributed by atoms with E-state index < -0.39 is 0 Å². The Labute approximate surface area is 118 Å². The van der Waals surface area contributed by atoms with Gasteiger partial charge in [0.05, 0.1) is 5.69 Å². The first-order valence-corrected chi connectivity index (χ1v) is 7.18. The smallest absolute Gasteiger partial charge is 0.221 e. The molecule has 0 aliphatic carbocycles. The molecule has 0 saturated heterocycles. The molecule has 0 aromatic heterocycles. The predicted molar refractivity (Wildman–Crippen MR) is 81.5 cm³/mol. The fourth-order valence-corrected chi connectivity index (χ4v) is 2.80. The second-order valence-electron chi connectivity index (χ2n) is 4.46. The van der Waals surface area contributed by atoms with Crippen LogP contribution in [0.3, 0.4) is 0 Å². The molecule has 0 aliphatic heterocycles. The maximum absolute atomic E-state index is 11.2. The van der Waals surface area contributed by atoms with Gasteiger partial charge in [-0.25, -0.2) is 0 Å². The summed E-state index contributed by atoms with van der Waals surface area (Å²) < 4.78 is 0. The number of rotatable bonds is 4. The second kappa shape index (κ2) is 6.43. The zero-order valence-electron chi connectivity index (χ0n) is 11.1. The predicted octanol–water partition coefficient (Wildman–Crippen LogP) is 4.25. The Hall–Kier alpha value is -1.74. The van der Waals surface area contributed by atoms with E-state index in [2.05, 4.69) is 36.5 Å². The number of nitrogens with one attached hydrogen (secondary N) is 1. The molecule has 0 atom stereocenters. The molecule has 0 aliphatic rings. The number of carbonyl (C=O) groups is 1. The lowest BCUT2D eigenvalue weighted by atomic mass is 10.2. The van der Waals surface area contributed by atoms with Gasteiger partial charge in [-0.1, -0.05) is 42.0 Å². The van der Waals surface area contributed by atoms with Crippen molar-refractivity contribution < 1.29 is 4.79 Å². The molecule has 0 radical (unpaired) electrons. The van der Waals surface area contributed by atoms with Gasteiger partial charge in [-0.2, -0.15) is 0 Å². The first-order valence-electron chi connectivity index (χ1n) is 6.20. The highest BCUT2D eigenvalue weighted by Gasteiger charge is 2.04. The number of hydrogen-bond donors (Lipinski definition) is 1. The first kappa shape index (κ1) is 13.7. The summed E-state index contributed by atoms with van der Waals surface area (Å²) in [5.41, 5.74) is 3.45. The molecule has 2 aromatic carbocycles. The minimum Gasteiger partial charge on any atom is -0.325 e. The topological polar surface area (TPSA) is 29.1 Å². The van der Waals surface area contributed by atoms with Gasteiger partial charge in [0.15, 0.2) is 0 Å². The average molecular weight is 271 g/mol. The lowest BCUT2D eigenvalue weighted by molar-refractivity contribution is -0.114. The molecule has 2 nitrogen and oxygen atoms in total.